The van der Waals surface area contributed by atoms with Crippen molar-refractivity contribution in [3.8, 4) is 0 Å². The van der Waals surface area contributed by atoms with E-state index in [0.29, 0.717) is 13.0 Å². The van der Waals surface area contributed by atoms with Gasteiger partial charge in [-0.3, -0.25) is 14.4 Å². The molecule has 3 amide bonds. The highest BCUT2D eigenvalue weighted by Crippen LogP contribution is 2.02. The summed E-state index contributed by atoms with van der Waals surface area (Å²) in [7, 11) is 0. The molecule has 126 valence electrons. The molecule has 0 spiro atoms. The first-order valence-electron chi connectivity index (χ1n) is 7.80. The molecule has 0 aromatic heterocycles. The van der Waals surface area contributed by atoms with Crippen LogP contribution in [0.4, 0.5) is 0 Å². The molecule has 0 aliphatic carbocycles. The van der Waals surface area contributed by atoms with Gasteiger partial charge in [0.15, 0.2) is 0 Å². The lowest BCUT2D eigenvalue weighted by Gasteiger charge is -2.19. The van der Waals surface area contributed by atoms with Gasteiger partial charge in [0.1, 0.15) is 6.04 Å². The molecule has 0 saturated carbocycles. The van der Waals surface area contributed by atoms with Gasteiger partial charge in [0.05, 0.1) is 0 Å². The zero-order valence-corrected chi connectivity index (χ0v) is 13.7. The maximum atomic E-state index is 12.2. The summed E-state index contributed by atoms with van der Waals surface area (Å²) in [5.74, 6) is -1.25. The molecule has 0 saturated heterocycles. The van der Waals surface area contributed by atoms with Crippen LogP contribution < -0.4 is 16.4 Å². The Labute approximate surface area is 136 Å². The Kier molecular flexibility index (Phi) is 7.80. The van der Waals surface area contributed by atoms with Crippen molar-refractivity contribution >= 4 is 17.7 Å². The summed E-state index contributed by atoms with van der Waals surface area (Å²) in [6, 6.07) is 9.04. The van der Waals surface area contributed by atoms with E-state index in [0.717, 1.165) is 5.56 Å². The standard InChI is InChI=1S/C17H25N3O3/c1-12(2)16(22)20-14(8-9-15(18)21)17(23)19-11-10-13-6-4-3-5-7-13/h3-7,12,14H,8-11H2,1-2H3,(H2,18,21)(H,19,23)(H,20,22). The van der Waals surface area contributed by atoms with Crippen LogP contribution in [0.5, 0.6) is 0 Å². The van der Waals surface area contributed by atoms with Crippen LogP contribution in [0.1, 0.15) is 32.3 Å². The van der Waals surface area contributed by atoms with Crippen molar-refractivity contribution in [2.75, 3.05) is 6.54 Å². The van der Waals surface area contributed by atoms with Crippen molar-refractivity contribution in [3.05, 3.63) is 35.9 Å². The highest BCUT2D eigenvalue weighted by atomic mass is 16.2. The minimum absolute atomic E-state index is 0.0507. The van der Waals surface area contributed by atoms with E-state index in [2.05, 4.69) is 10.6 Å². The Hall–Kier alpha value is -2.37. The molecule has 4 N–H and O–H groups in total. The summed E-state index contributed by atoms with van der Waals surface area (Å²) in [6.07, 6.45) is 0.952. The fourth-order valence-corrected chi connectivity index (χ4v) is 1.99. The van der Waals surface area contributed by atoms with Gasteiger partial charge < -0.3 is 16.4 Å². The number of hydrogen-bond acceptors (Lipinski definition) is 3. The third kappa shape index (κ3) is 7.44. The Balaban J connectivity index is 2.52. The molecule has 6 nitrogen and oxygen atoms in total. The molecule has 1 atom stereocenters. The van der Waals surface area contributed by atoms with Crippen LogP contribution in [0.2, 0.25) is 0 Å². The molecular weight excluding hydrogens is 294 g/mol. The topological polar surface area (TPSA) is 101 Å². The molecule has 0 radical (unpaired) electrons. The molecule has 1 aromatic rings. The number of benzene rings is 1. The van der Waals surface area contributed by atoms with Gasteiger partial charge in [-0.25, -0.2) is 0 Å². The van der Waals surface area contributed by atoms with E-state index in [-0.39, 0.29) is 30.6 Å². The van der Waals surface area contributed by atoms with Gasteiger partial charge in [0.25, 0.3) is 0 Å². The van der Waals surface area contributed by atoms with Crippen molar-refractivity contribution in [1.82, 2.24) is 10.6 Å². The third-order valence-electron chi connectivity index (χ3n) is 3.39. The number of nitrogens with two attached hydrogens (primary N) is 1. The van der Waals surface area contributed by atoms with E-state index in [1.165, 1.54) is 0 Å². The molecule has 0 fully saturated rings. The van der Waals surface area contributed by atoms with E-state index >= 15 is 0 Å². The normalized spacial score (nSPS) is 11.8. The quantitative estimate of drug-likeness (QED) is 0.626. The first-order valence-corrected chi connectivity index (χ1v) is 7.80. The maximum absolute atomic E-state index is 12.2. The number of carbonyl (C=O) groups is 3. The van der Waals surface area contributed by atoms with Crippen LogP contribution in [-0.2, 0) is 20.8 Å². The first kappa shape index (κ1) is 18.7. The van der Waals surface area contributed by atoms with Crippen molar-refractivity contribution in [2.45, 2.75) is 39.2 Å². The molecule has 0 bridgehead atoms. The summed E-state index contributed by atoms with van der Waals surface area (Å²) in [6.45, 7) is 3.95. The van der Waals surface area contributed by atoms with Gasteiger partial charge >= 0.3 is 0 Å². The Bertz CT molecular complexity index is 529. The molecule has 1 rings (SSSR count). The average Bonchev–Trinajstić information content (AvgIpc) is 2.51. The van der Waals surface area contributed by atoms with E-state index in [4.69, 9.17) is 5.73 Å². The lowest BCUT2D eigenvalue weighted by atomic mass is 10.1. The molecular formula is C17H25N3O3. The first-order chi connectivity index (χ1) is 10.9. The second kappa shape index (κ2) is 9.61. The monoisotopic (exact) mass is 319 g/mol. The van der Waals surface area contributed by atoms with E-state index in [1.807, 2.05) is 30.3 Å². The van der Waals surface area contributed by atoms with E-state index in [1.54, 1.807) is 13.8 Å². The maximum Gasteiger partial charge on any atom is 0.242 e. The number of hydrogen-bond donors (Lipinski definition) is 3. The van der Waals surface area contributed by atoms with Crippen molar-refractivity contribution in [3.63, 3.8) is 0 Å². The molecule has 1 aromatic carbocycles. The van der Waals surface area contributed by atoms with E-state index in [9.17, 15) is 14.4 Å². The summed E-state index contributed by atoms with van der Waals surface area (Å²) >= 11 is 0. The van der Waals surface area contributed by atoms with Crippen LogP contribution in [0.3, 0.4) is 0 Å². The number of rotatable bonds is 9. The molecule has 1 unspecified atom stereocenters. The molecule has 23 heavy (non-hydrogen) atoms. The van der Waals surface area contributed by atoms with Crippen LogP contribution in [0.25, 0.3) is 0 Å². The average molecular weight is 319 g/mol. The van der Waals surface area contributed by atoms with Gasteiger partial charge in [0, 0.05) is 18.9 Å². The highest BCUT2D eigenvalue weighted by Gasteiger charge is 2.22. The Morgan fingerprint density at radius 3 is 2.30 bits per heavy atom. The van der Waals surface area contributed by atoms with Gasteiger partial charge in [-0.1, -0.05) is 44.2 Å². The van der Waals surface area contributed by atoms with Crippen molar-refractivity contribution < 1.29 is 14.4 Å². The lowest BCUT2D eigenvalue weighted by molar-refractivity contribution is -0.131. The molecule has 0 aliphatic heterocycles. The molecule has 0 heterocycles. The zero-order chi connectivity index (χ0) is 17.2. The summed E-state index contributed by atoms with van der Waals surface area (Å²) in [4.78, 5) is 34.9. The highest BCUT2D eigenvalue weighted by molar-refractivity contribution is 5.88. The second-order valence-electron chi connectivity index (χ2n) is 5.75. The number of nitrogens with one attached hydrogen (secondary N) is 2. The third-order valence-corrected chi connectivity index (χ3v) is 3.39. The van der Waals surface area contributed by atoms with Crippen LogP contribution >= 0.6 is 0 Å². The number of primary amides is 1. The summed E-state index contributed by atoms with van der Waals surface area (Å²) < 4.78 is 0. The SMILES string of the molecule is CC(C)C(=O)NC(CCC(N)=O)C(=O)NCCc1ccccc1. The van der Waals surface area contributed by atoms with Crippen molar-refractivity contribution in [1.29, 1.82) is 0 Å². The summed E-state index contributed by atoms with van der Waals surface area (Å²) in [5.41, 5.74) is 6.24. The Morgan fingerprint density at radius 2 is 1.74 bits per heavy atom. The Morgan fingerprint density at radius 1 is 1.09 bits per heavy atom. The fraction of sp³-hybridized carbons (Fsp3) is 0.471. The minimum Gasteiger partial charge on any atom is -0.370 e. The number of carbonyl (C=O) groups excluding carboxylic acids is 3. The summed E-state index contributed by atoms with van der Waals surface area (Å²) in [5, 5.41) is 5.45. The van der Waals surface area contributed by atoms with Gasteiger partial charge in [0.2, 0.25) is 17.7 Å². The molecule has 6 heteroatoms. The van der Waals surface area contributed by atoms with Gasteiger partial charge in [-0.2, -0.15) is 0 Å². The van der Waals surface area contributed by atoms with Crippen molar-refractivity contribution in [2.24, 2.45) is 11.7 Å². The zero-order valence-electron chi connectivity index (χ0n) is 13.7. The van der Waals surface area contributed by atoms with Crippen LogP contribution in [-0.4, -0.2) is 30.3 Å². The van der Waals surface area contributed by atoms with Crippen LogP contribution in [0, 0.1) is 5.92 Å². The van der Waals surface area contributed by atoms with Gasteiger partial charge in [-0.05, 0) is 18.4 Å². The number of amides is 3. The van der Waals surface area contributed by atoms with Gasteiger partial charge in [-0.15, -0.1) is 0 Å². The lowest BCUT2D eigenvalue weighted by Crippen LogP contribution is -2.48. The van der Waals surface area contributed by atoms with E-state index < -0.39 is 11.9 Å². The predicted octanol–water partition coefficient (Wildman–Crippen LogP) is 0.752. The molecule has 0 aliphatic rings. The second-order valence-corrected chi connectivity index (χ2v) is 5.75. The minimum atomic E-state index is -0.742. The largest absolute Gasteiger partial charge is 0.370 e. The predicted molar refractivity (Wildman–Crippen MR) is 88.4 cm³/mol. The smallest absolute Gasteiger partial charge is 0.242 e. The fourth-order valence-electron chi connectivity index (χ4n) is 1.99. The van der Waals surface area contributed by atoms with Crippen LogP contribution in [0.15, 0.2) is 30.3 Å².